The molecule has 104 valence electrons. The van der Waals surface area contributed by atoms with Crippen LogP contribution in [0.3, 0.4) is 0 Å². The van der Waals surface area contributed by atoms with E-state index in [-0.39, 0.29) is 5.91 Å². The molecule has 4 heteroatoms. The van der Waals surface area contributed by atoms with Crippen molar-refractivity contribution in [3.05, 3.63) is 24.3 Å². The molecule has 0 aromatic heterocycles. The topological polar surface area (TPSA) is 35.6 Å². The number of piperidine rings is 1. The molecule has 0 saturated carbocycles. The van der Waals surface area contributed by atoms with Gasteiger partial charge >= 0.3 is 0 Å². The maximum absolute atomic E-state index is 11.5. The first kappa shape index (κ1) is 13.7. The maximum Gasteiger partial charge on any atom is 0.241 e. The van der Waals surface area contributed by atoms with Crippen molar-refractivity contribution >= 4 is 17.3 Å². The number of carbonyl (C=O) groups is 1. The van der Waals surface area contributed by atoms with Crippen LogP contribution in [0.25, 0.3) is 0 Å². The predicted molar refractivity (Wildman–Crippen MR) is 79.7 cm³/mol. The van der Waals surface area contributed by atoms with Gasteiger partial charge in [-0.3, -0.25) is 4.79 Å². The lowest BCUT2D eigenvalue weighted by Crippen LogP contribution is -2.29. The lowest BCUT2D eigenvalue weighted by Gasteiger charge is -2.28. The summed E-state index contributed by atoms with van der Waals surface area (Å²) in [7, 11) is 3.53. The van der Waals surface area contributed by atoms with Gasteiger partial charge in [-0.05, 0) is 43.5 Å². The largest absolute Gasteiger partial charge is 0.376 e. The molecule has 1 aliphatic heterocycles. The van der Waals surface area contributed by atoms with Gasteiger partial charge in [-0.25, -0.2) is 0 Å². The Balaban J connectivity index is 1.89. The molecule has 4 nitrogen and oxygen atoms in total. The second-order valence-electron chi connectivity index (χ2n) is 5.24. The summed E-state index contributed by atoms with van der Waals surface area (Å²) in [5.41, 5.74) is 2.28. The number of likely N-dealkylation sites (N-methyl/N-ethyl adjacent to an activating group) is 1. The highest BCUT2D eigenvalue weighted by Gasteiger charge is 2.10. The number of nitrogens with zero attached hydrogens (tertiary/aromatic N) is 2. The molecular weight excluding hydrogens is 238 g/mol. The fourth-order valence-corrected chi connectivity index (χ4v) is 2.28. The highest BCUT2D eigenvalue weighted by atomic mass is 16.2. The first-order chi connectivity index (χ1) is 9.16. The molecule has 0 unspecified atom stereocenters. The SMILES string of the molecule is CN(C)C(=O)CNc1ccc(N2CCCCC2)cc1. The highest BCUT2D eigenvalue weighted by Crippen LogP contribution is 2.21. The normalized spacial score (nSPS) is 15.2. The summed E-state index contributed by atoms with van der Waals surface area (Å²) in [4.78, 5) is 15.5. The quantitative estimate of drug-likeness (QED) is 0.902. The zero-order valence-corrected chi connectivity index (χ0v) is 11.9. The molecule has 19 heavy (non-hydrogen) atoms. The van der Waals surface area contributed by atoms with Crippen LogP contribution in [0.4, 0.5) is 11.4 Å². The number of anilines is 2. The lowest BCUT2D eigenvalue weighted by molar-refractivity contribution is -0.126. The minimum absolute atomic E-state index is 0.0834. The Kier molecular flexibility index (Phi) is 4.66. The van der Waals surface area contributed by atoms with Crippen LogP contribution in [-0.2, 0) is 4.79 Å². The Morgan fingerprint density at radius 1 is 1.16 bits per heavy atom. The molecule has 1 aromatic rings. The third-order valence-electron chi connectivity index (χ3n) is 3.53. The number of nitrogens with one attached hydrogen (secondary N) is 1. The molecule has 0 aliphatic carbocycles. The number of hydrogen-bond acceptors (Lipinski definition) is 3. The van der Waals surface area contributed by atoms with Crippen molar-refractivity contribution < 1.29 is 4.79 Å². The molecule has 1 heterocycles. The molecule has 0 atom stereocenters. The summed E-state index contributed by atoms with van der Waals surface area (Å²) in [5, 5.41) is 3.15. The monoisotopic (exact) mass is 261 g/mol. The fourth-order valence-electron chi connectivity index (χ4n) is 2.28. The molecule has 1 aromatic carbocycles. The van der Waals surface area contributed by atoms with Crippen LogP contribution in [0, 0.1) is 0 Å². The van der Waals surface area contributed by atoms with Crippen molar-refractivity contribution in [2.24, 2.45) is 0 Å². The minimum Gasteiger partial charge on any atom is -0.376 e. The van der Waals surface area contributed by atoms with Crippen LogP contribution in [0.15, 0.2) is 24.3 Å². The van der Waals surface area contributed by atoms with Crippen LogP contribution >= 0.6 is 0 Å². The molecule has 2 rings (SSSR count). The van der Waals surface area contributed by atoms with E-state index >= 15 is 0 Å². The number of hydrogen-bond donors (Lipinski definition) is 1. The third-order valence-corrected chi connectivity index (χ3v) is 3.53. The Morgan fingerprint density at radius 3 is 2.37 bits per heavy atom. The van der Waals surface area contributed by atoms with Crippen LogP contribution < -0.4 is 10.2 Å². The summed E-state index contributed by atoms with van der Waals surface area (Å²) in [6.07, 6.45) is 3.93. The van der Waals surface area contributed by atoms with Gasteiger partial charge in [0.15, 0.2) is 0 Å². The molecule has 1 amide bonds. The summed E-state index contributed by atoms with van der Waals surface area (Å²) < 4.78 is 0. The van der Waals surface area contributed by atoms with Gasteiger partial charge in [-0.15, -0.1) is 0 Å². The lowest BCUT2D eigenvalue weighted by atomic mass is 10.1. The van der Waals surface area contributed by atoms with Gasteiger partial charge in [-0.2, -0.15) is 0 Å². The number of rotatable bonds is 4. The Labute approximate surface area is 115 Å². The highest BCUT2D eigenvalue weighted by molar-refractivity contribution is 5.80. The van der Waals surface area contributed by atoms with Gasteiger partial charge in [0.05, 0.1) is 6.54 Å². The number of amides is 1. The van der Waals surface area contributed by atoms with E-state index in [1.54, 1.807) is 19.0 Å². The van der Waals surface area contributed by atoms with Crippen molar-refractivity contribution in [3.63, 3.8) is 0 Å². The second kappa shape index (κ2) is 6.45. The smallest absolute Gasteiger partial charge is 0.241 e. The first-order valence-corrected chi connectivity index (χ1v) is 6.96. The van der Waals surface area contributed by atoms with Crippen LogP contribution in [0.5, 0.6) is 0 Å². The third kappa shape index (κ3) is 3.88. The molecule has 0 radical (unpaired) electrons. The van der Waals surface area contributed by atoms with E-state index in [2.05, 4.69) is 22.3 Å². The molecule has 1 saturated heterocycles. The van der Waals surface area contributed by atoms with Crippen molar-refractivity contribution in [1.29, 1.82) is 0 Å². The van der Waals surface area contributed by atoms with E-state index in [1.165, 1.54) is 24.9 Å². The molecule has 1 N–H and O–H groups in total. The summed E-state index contributed by atoms with van der Waals surface area (Å²) >= 11 is 0. The van der Waals surface area contributed by atoms with E-state index in [4.69, 9.17) is 0 Å². The van der Waals surface area contributed by atoms with Gasteiger partial charge in [0.25, 0.3) is 0 Å². The van der Waals surface area contributed by atoms with Gasteiger partial charge in [0.2, 0.25) is 5.91 Å². The summed E-state index contributed by atoms with van der Waals surface area (Å²) in [5.74, 6) is 0.0834. The van der Waals surface area contributed by atoms with E-state index in [0.29, 0.717) is 6.54 Å². The Bertz CT molecular complexity index is 408. The number of benzene rings is 1. The zero-order chi connectivity index (χ0) is 13.7. The van der Waals surface area contributed by atoms with Gasteiger partial charge in [0, 0.05) is 38.6 Å². The van der Waals surface area contributed by atoms with Crippen molar-refractivity contribution in [2.75, 3.05) is 43.9 Å². The maximum atomic E-state index is 11.5. The Hall–Kier alpha value is -1.71. The molecular formula is C15H23N3O. The predicted octanol–water partition coefficient (Wildman–Crippen LogP) is 2.18. The first-order valence-electron chi connectivity index (χ1n) is 6.96. The summed E-state index contributed by atoms with van der Waals surface area (Å²) in [6.45, 7) is 2.66. The van der Waals surface area contributed by atoms with Gasteiger partial charge in [-0.1, -0.05) is 0 Å². The van der Waals surface area contributed by atoms with Crippen molar-refractivity contribution in [1.82, 2.24) is 4.90 Å². The fraction of sp³-hybridized carbons (Fsp3) is 0.533. The van der Waals surface area contributed by atoms with Gasteiger partial charge < -0.3 is 15.1 Å². The molecule has 0 spiro atoms. The van der Waals surface area contributed by atoms with E-state index < -0.39 is 0 Å². The number of carbonyl (C=O) groups excluding carboxylic acids is 1. The second-order valence-corrected chi connectivity index (χ2v) is 5.24. The van der Waals surface area contributed by atoms with Crippen molar-refractivity contribution in [3.8, 4) is 0 Å². The summed E-state index contributed by atoms with van der Waals surface area (Å²) in [6, 6.07) is 8.36. The zero-order valence-electron chi connectivity index (χ0n) is 11.9. The van der Waals surface area contributed by atoms with Crippen LogP contribution in [0.1, 0.15) is 19.3 Å². The van der Waals surface area contributed by atoms with E-state index in [9.17, 15) is 4.79 Å². The molecule has 1 fully saturated rings. The van der Waals surface area contributed by atoms with E-state index in [1.807, 2.05) is 12.1 Å². The average Bonchev–Trinajstić information content (AvgIpc) is 2.46. The van der Waals surface area contributed by atoms with Crippen LogP contribution in [0.2, 0.25) is 0 Å². The Morgan fingerprint density at radius 2 is 1.79 bits per heavy atom. The van der Waals surface area contributed by atoms with E-state index in [0.717, 1.165) is 18.8 Å². The minimum atomic E-state index is 0.0834. The van der Waals surface area contributed by atoms with Gasteiger partial charge in [0.1, 0.15) is 0 Å². The average molecular weight is 261 g/mol. The molecule has 1 aliphatic rings. The molecule has 0 bridgehead atoms. The van der Waals surface area contributed by atoms with Crippen molar-refractivity contribution in [2.45, 2.75) is 19.3 Å². The standard InChI is InChI=1S/C15H23N3O/c1-17(2)15(19)12-16-13-6-8-14(9-7-13)18-10-4-3-5-11-18/h6-9,16H,3-5,10-12H2,1-2H3. The van der Waals surface area contributed by atoms with Crippen LogP contribution in [-0.4, -0.2) is 44.5 Å².